The summed E-state index contributed by atoms with van der Waals surface area (Å²) >= 11 is 0. The normalized spacial score (nSPS) is 12.5. The molecule has 0 aliphatic heterocycles. The Labute approximate surface area is 91.1 Å². The number of hydrogen-bond donors (Lipinski definition) is 2. The van der Waals surface area contributed by atoms with Gasteiger partial charge < -0.3 is 15.2 Å². The van der Waals surface area contributed by atoms with Crippen molar-refractivity contribution < 1.29 is 9.84 Å². The van der Waals surface area contributed by atoms with Gasteiger partial charge >= 0.3 is 0 Å². The Morgan fingerprint density at radius 2 is 2.20 bits per heavy atom. The minimum atomic E-state index is 0.232. The van der Waals surface area contributed by atoms with Crippen molar-refractivity contribution in [2.75, 3.05) is 7.11 Å². The highest BCUT2D eigenvalue weighted by Crippen LogP contribution is 2.29. The maximum absolute atomic E-state index is 9.81. The van der Waals surface area contributed by atoms with Gasteiger partial charge in [-0.25, -0.2) is 0 Å². The average molecular weight is 209 g/mol. The van der Waals surface area contributed by atoms with Crippen LogP contribution in [0.25, 0.3) is 0 Å². The Balaban J connectivity index is 2.68. The number of rotatable bonds is 5. The second kappa shape index (κ2) is 5.61. The average Bonchev–Trinajstić information content (AvgIpc) is 2.27. The zero-order chi connectivity index (χ0) is 11.3. The van der Waals surface area contributed by atoms with E-state index in [0.29, 0.717) is 18.3 Å². The molecule has 3 nitrogen and oxygen atoms in total. The molecule has 1 aromatic rings. The molecule has 0 unspecified atom stereocenters. The fourth-order valence-electron chi connectivity index (χ4n) is 1.30. The molecule has 0 saturated heterocycles. The predicted octanol–water partition coefficient (Wildman–Crippen LogP) is 2.29. The first-order valence-corrected chi connectivity index (χ1v) is 5.27. The maximum atomic E-state index is 9.81. The molecular formula is C12H19NO2. The van der Waals surface area contributed by atoms with Crippen molar-refractivity contribution in [2.24, 2.45) is 0 Å². The monoisotopic (exact) mass is 209 g/mol. The van der Waals surface area contributed by atoms with Crippen LogP contribution in [0.4, 0.5) is 0 Å². The first-order valence-electron chi connectivity index (χ1n) is 5.27. The summed E-state index contributed by atoms with van der Waals surface area (Å²) in [4.78, 5) is 0. The molecule has 0 bridgehead atoms. The van der Waals surface area contributed by atoms with Gasteiger partial charge in [-0.05, 0) is 19.4 Å². The molecule has 0 heterocycles. The summed E-state index contributed by atoms with van der Waals surface area (Å²) in [5, 5.41) is 13.1. The molecule has 0 spiro atoms. The topological polar surface area (TPSA) is 41.5 Å². The van der Waals surface area contributed by atoms with E-state index in [9.17, 15) is 5.11 Å². The van der Waals surface area contributed by atoms with Gasteiger partial charge in [0.05, 0.1) is 7.11 Å². The van der Waals surface area contributed by atoms with E-state index in [1.165, 1.54) is 0 Å². The molecule has 84 valence electrons. The number of hydrogen-bond acceptors (Lipinski definition) is 3. The summed E-state index contributed by atoms with van der Waals surface area (Å²) < 4.78 is 5.04. The van der Waals surface area contributed by atoms with Crippen molar-refractivity contribution in [3.05, 3.63) is 23.8 Å². The zero-order valence-corrected chi connectivity index (χ0v) is 9.58. The van der Waals surface area contributed by atoms with Crippen molar-refractivity contribution in [2.45, 2.75) is 32.9 Å². The second-order valence-corrected chi connectivity index (χ2v) is 3.66. The first-order chi connectivity index (χ1) is 7.19. The Hall–Kier alpha value is -1.22. The van der Waals surface area contributed by atoms with Crippen LogP contribution in [-0.4, -0.2) is 18.3 Å². The van der Waals surface area contributed by atoms with Crippen molar-refractivity contribution in [1.29, 1.82) is 0 Å². The van der Waals surface area contributed by atoms with Gasteiger partial charge in [0.1, 0.15) is 0 Å². The Kier molecular flexibility index (Phi) is 4.43. The van der Waals surface area contributed by atoms with Gasteiger partial charge in [-0.2, -0.15) is 0 Å². The minimum Gasteiger partial charge on any atom is -0.504 e. The molecule has 0 aliphatic rings. The van der Waals surface area contributed by atoms with Crippen molar-refractivity contribution in [3.63, 3.8) is 0 Å². The molecule has 1 atom stereocenters. The number of benzene rings is 1. The van der Waals surface area contributed by atoms with Crippen LogP contribution in [0.3, 0.4) is 0 Å². The molecule has 0 aromatic heterocycles. The second-order valence-electron chi connectivity index (χ2n) is 3.66. The van der Waals surface area contributed by atoms with E-state index in [-0.39, 0.29) is 5.75 Å². The smallest absolute Gasteiger partial charge is 0.162 e. The van der Waals surface area contributed by atoms with E-state index in [1.807, 2.05) is 12.1 Å². The molecule has 0 saturated carbocycles. The fraction of sp³-hybridized carbons (Fsp3) is 0.500. The van der Waals surface area contributed by atoms with Crippen molar-refractivity contribution in [1.82, 2.24) is 5.32 Å². The van der Waals surface area contributed by atoms with E-state index in [1.54, 1.807) is 13.2 Å². The van der Waals surface area contributed by atoms with Crippen LogP contribution in [0, 0.1) is 0 Å². The molecule has 3 heteroatoms. The summed E-state index contributed by atoms with van der Waals surface area (Å²) in [7, 11) is 1.56. The van der Waals surface area contributed by atoms with Gasteiger partial charge in [0.25, 0.3) is 0 Å². The van der Waals surface area contributed by atoms with Gasteiger partial charge in [0.15, 0.2) is 11.5 Å². The van der Waals surface area contributed by atoms with Crippen molar-refractivity contribution in [3.8, 4) is 11.5 Å². The number of nitrogens with one attached hydrogen (secondary N) is 1. The Morgan fingerprint density at radius 3 is 2.80 bits per heavy atom. The highest BCUT2D eigenvalue weighted by molar-refractivity contribution is 5.45. The van der Waals surface area contributed by atoms with E-state index < -0.39 is 0 Å². The molecule has 0 radical (unpaired) electrons. The summed E-state index contributed by atoms with van der Waals surface area (Å²) in [6.07, 6.45) is 1.07. The highest BCUT2D eigenvalue weighted by atomic mass is 16.5. The first kappa shape index (κ1) is 11.9. The van der Waals surface area contributed by atoms with Gasteiger partial charge in [-0.3, -0.25) is 0 Å². The third kappa shape index (κ3) is 3.13. The van der Waals surface area contributed by atoms with Crippen LogP contribution in [0.15, 0.2) is 18.2 Å². The largest absolute Gasteiger partial charge is 0.504 e. The van der Waals surface area contributed by atoms with Crippen LogP contribution in [0.1, 0.15) is 25.8 Å². The van der Waals surface area contributed by atoms with Crippen LogP contribution in [0.5, 0.6) is 11.5 Å². The quantitative estimate of drug-likeness (QED) is 0.781. The van der Waals surface area contributed by atoms with E-state index >= 15 is 0 Å². The Morgan fingerprint density at radius 1 is 1.47 bits per heavy atom. The molecule has 0 amide bonds. The summed E-state index contributed by atoms with van der Waals surface area (Å²) in [6.45, 7) is 4.92. The van der Waals surface area contributed by atoms with Crippen LogP contribution >= 0.6 is 0 Å². The molecule has 2 N–H and O–H groups in total. The van der Waals surface area contributed by atoms with Gasteiger partial charge in [-0.1, -0.05) is 19.1 Å². The third-order valence-electron chi connectivity index (χ3n) is 2.56. The lowest BCUT2D eigenvalue weighted by Crippen LogP contribution is -2.24. The standard InChI is InChI=1S/C12H19NO2/c1-4-9(2)13-8-10-6-5-7-11(15-3)12(10)14/h5-7,9,13-14H,4,8H2,1-3H3/t9-/m1/s1. The van der Waals surface area contributed by atoms with E-state index in [4.69, 9.17) is 4.74 Å². The molecule has 15 heavy (non-hydrogen) atoms. The summed E-state index contributed by atoms with van der Waals surface area (Å²) in [5.41, 5.74) is 0.870. The van der Waals surface area contributed by atoms with Gasteiger partial charge in [0.2, 0.25) is 0 Å². The number of para-hydroxylation sites is 1. The highest BCUT2D eigenvalue weighted by Gasteiger charge is 2.07. The van der Waals surface area contributed by atoms with E-state index in [2.05, 4.69) is 19.2 Å². The van der Waals surface area contributed by atoms with Crippen LogP contribution in [-0.2, 0) is 6.54 Å². The Bertz CT molecular complexity index is 312. The summed E-state index contributed by atoms with van der Waals surface area (Å²) in [5.74, 6) is 0.759. The molecule has 1 aromatic carbocycles. The number of phenolic OH excluding ortho intramolecular Hbond substituents is 1. The molecule has 1 rings (SSSR count). The van der Waals surface area contributed by atoms with Gasteiger partial charge in [0, 0.05) is 18.2 Å². The molecule has 0 fully saturated rings. The number of aromatic hydroxyl groups is 1. The maximum Gasteiger partial charge on any atom is 0.162 e. The van der Waals surface area contributed by atoms with Gasteiger partial charge in [-0.15, -0.1) is 0 Å². The lowest BCUT2D eigenvalue weighted by molar-refractivity contribution is 0.368. The summed E-state index contributed by atoms with van der Waals surface area (Å²) in [6, 6.07) is 5.98. The van der Waals surface area contributed by atoms with Crippen LogP contribution < -0.4 is 10.1 Å². The third-order valence-corrected chi connectivity index (χ3v) is 2.56. The SMILES string of the molecule is CC[C@@H](C)NCc1cccc(OC)c1O. The molecule has 0 aliphatic carbocycles. The van der Waals surface area contributed by atoms with Crippen LogP contribution in [0.2, 0.25) is 0 Å². The number of methoxy groups -OCH3 is 1. The van der Waals surface area contributed by atoms with E-state index in [0.717, 1.165) is 12.0 Å². The zero-order valence-electron chi connectivity index (χ0n) is 9.58. The molecular weight excluding hydrogens is 190 g/mol. The number of ether oxygens (including phenoxy) is 1. The lowest BCUT2D eigenvalue weighted by atomic mass is 10.1. The lowest BCUT2D eigenvalue weighted by Gasteiger charge is -2.13. The van der Waals surface area contributed by atoms with Crippen molar-refractivity contribution >= 4 is 0 Å². The number of phenols is 1. The fourth-order valence-corrected chi connectivity index (χ4v) is 1.30. The minimum absolute atomic E-state index is 0.232. The predicted molar refractivity (Wildman–Crippen MR) is 61.3 cm³/mol.